The van der Waals surface area contributed by atoms with E-state index in [-0.39, 0.29) is 11.6 Å². The molecule has 21 heavy (non-hydrogen) atoms. The van der Waals surface area contributed by atoms with Gasteiger partial charge in [0, 0.05) is 19.2 Å². The van der Waals surface area contributed by atoms with Gasteiger partial charge in [-0.15, -0.1) is 11.3 Å². The Morgan fingerprint density at radius 3 is 2.62 bits per heavy atom. The van der Waals surface area contributed by atoms with Crippen LogP contribution in [0.3, 0.4) is 0 Å². The quantitative estimate of drug-likeness (QED) is 0.451. The van der Waals surface area contributed by atoms with Crippen LogP contribution in [0.15, 0.2) is 45.3 Å². The fraction of sp³-hybridized carbons (Fsp3) is 0.0625. The first kappa shape index (κ1) is 14.9. The van der Waals surface area contributed by atoms with E-state index in [1.807, 2.05) is 25.1 Å². The van der Waals surface area contributed by atoms with Gasteiger partial charge < -0.3 is 0 Å². The standard InChI is InChI=1S/C16H9Br2FOS/c1-8-4-13(18)11(7-12(8)17)16(20)15-5-9-2-3-10(19)6-14(9)21-15/h2-7H,1H3. The van der Waals surface area contributed by atoms with Crippen molar-refractivity contribution in [1.82, 2.24) is 0 Å². The highest BCUT2D eigenvalue weighted by Crippen LogP contribution is 2.32. The topological polar surface area (TPSA) is 17.1 Å². The molecule has 0 saturated heterocycles. The van der Waals surface area contributed by atoms with Crippen LogP contribution in [0.25, 0.3) is 10.1 Å². The van der Waals surface area contributed by atoms with Gasteiger partial charge >= 0.3 is 0 Å². The molecule has 5 heteroatoms. The summed E-state index contributed by atoms with van der Waals surface area (Å²) in [5, 5.41) is 0.882. The number of rotatable bonds is 2. The Morgan fingerprint density at radius 1 is 1.10 bits per heavy atom. The molecule has 0 aliphatic carbocycles. The summed E-state index contributed by atoms with van der Waals surface area (Å²) in [7, 11) is 0. The van der Waals surface area contributed by atoms with E-state index >= 15 is 0 Å². The average Bonchev–Trinajstić information content (AvgIpc) is 2.85. The van der Waals surface area contributed by atoms with Gasteiger partial charge in [0.15, 0.2) is 0 Å². The third kappa shape index (κ3) is 2.82. The highest BCUT2D eigenvalue weighted by Gasteiger charge is 2.17. The summed E-state index contributed by atoms with van der Waals surface area (Å²) in [6.45, 7) is 1.96. The van der Waals surface area contributed by atoms with Gasteiger partial charge in [-0.05, 0) is 48.2 Å². The molecule has 106 valence electrons. The normalized spacial score (nSPS) is 11.0. The predicted octanol–water partition coefficient (Wildman–Crippen LogP) is 6.10. The fourth-order valence-electron chi connectivity index (χ4n) is 2.07. The van der Waals surface area contributed by atoms with E-state index in [9.17, 15) is 9.18 Å². The zero-order chi connectivity index (χ0) is 15.1. The molecule has 0 aliphatic rings. The average molecular weight is 428 g/mol. The number of benzene rings is 2. The molecule has 1 nitrogen and oxygen atoms in total. The maximum atomic E-state index is 13.2. The summed E-state index contributed by atoms with van der Waals surface area (Å²) < 4.78 is 15.7. The van der Waals surface area contributed by atoms with Crippen molar-refractivity contribution in [2.75, 3.05) is 0 Å². The van der Waals surface area contributed by atoms with Crippen LogP contribution in [0.2, 0.25) is 0 Å². The Morgan fingerprint density at radius 2 is 1.86 bits per heavy atom. The smallest absolute Gasteiger partial charge is 0.204 e. The van der Waals surface area contributed by atoms with Gasteiger partial charge in [0.2, 0.25) is 5.78 Å². The number of halogens is 3. The first-order chi connectivity index (χ1) is 9.95. The van der Waals surface area contributed by atoms with Crippen LogP contribution in [0.1, 0.15) is 20.8 Å². The lowest BCUT2D eigenvalue weighted by Gasteiger charge is -2.05. The minimum absolute atomic E-state index is 0.0656. The van der Waals surface area contributed by atoms with E-state index in [0.29, 0.717) is 10.4 Å². The lowest BCUT2D eigenvalue weighted by atomic mass is 10.1. The summed E-state index contributed by atoms with van der Waals surface area (Å²) in [6.07, 6.45) is 0. The Bertz CT molecular complexity index is 870. The summed E-state index contributed by atoms with van der Waals surface area (Å²) in [5.74, 6) is -0.355. The van der Waals surface area contributed by atoms with Crippen LogP contribution < -0.4 is 0 Å². The number of carbonyl (C=O) groups is 1. The molecule has 0 bridgehead atoms. The van der Waals surface area contributed by atoms with E-state index in [1.165, 1.54) is 23.5 Å². The van der Waals surface area contributed by atoms with Gasteiger partial charge in [0.25, 0.3) is 0 Å². The van der Waals surface area contributed by atoms with Crippen LogP contribution in [-0.2, 0) is 0 Å². The maximum Gasteiger partial charge on any atom is 0.204 e. The van der Waals surface area contributed by atoms with Gasteiger partial charge in [0.05, 0.1) is 4.88 Å². The molecule has 1 heterocycles. The zero-order valence-electron chi connectivity index (χ0n) is 10.9. The molecule has 0 saturated carbocycles. The van der Waals surface area contributed by atoms with Gasteiger partial charge in [-0.1, -0.05) is 37.9 Å². The molecule has 0 unspecified atom stereocenters. The predicted molar refractivity (Wildman–Crippen MR) is 91.8 cm³/mol. The number of aryl methyl sites for hydroxylation is 1. The van der Waals surface area contributed by atoms with Gasteiger partial charge in [-0.3, -0.25) is 4.79 Å². The van der Waals surface area contributed by atoms with Gasteiger partial charge in [0.1, 0.15) is 5.82 Å². The third-order valence-electron chi connectivity index (χ3n) is 3.20. The Labute approximate surface area is 142 Å². The van der Waals surface area contributed by atoms with Crippen molar-refractivity contribution < 1.29 is 9.18 Å². The number of thiophene rings is 1. The molecule has 1 aromatic heterocycles. The van der Waals surface area contributed by atoms with Crippen molar-refractivity contribution in [2.24, 2.45) is 0 Å². The van der Waals surface area contributed by atoms with Crippen molar-refractivity contribution in [1.29, 1.82) is 0 Å². The molecular formula is C16H9Br2FOS. The fourth-order valence-corrected chi connectivity index (χ4v) is 4.09. The van der Waals surface area contributed by atoms with E-state index in [0.717, 1.165) is 24.6 Å². The monoisotopic (exact) mass is 426 g/mol. The van der Waals surface area contributed by atoms with Crippen LogP contribution in [0, 0.1) is 12.7 Å². The number of ketones is 1. The van der Waals surface area contributed by atoms with E-state index in [4.69, 9.17) is 0 Å². The minimum atomic E-state index is -0.289. The number of hydrogen-bond donors (Lipinski definition) is 0. The summed E-state index contributed by atoms with van der Waals surface area (Å²) in [4.78, 5) is 13.3. The van der Waals surface area contributed by atoms with Crippen molar-refractivity contribution in [3.63, 3.8) is 0 Å². The lowest BCUT2D eigenvalue weighted by molar-refractivity contribution is 0.104. The van der Waals surface area contributed by atoms with E-state index in [1.54, 1.807) is 6.07 Å². The van der Waals surface area contributed by atoms with Crippen molar-refractivity contribution in [3.05, 3.63) is 67.2 Å². The zero-order valence-corrected chi connectivity index (χ0v) is 14.9. The van der Waals surface area contributed by atoms with Gasteiger partial charge in [-0.2, -0.15) is 0 Å². The Balaban J connectivity index is 2.10. The molecule has 0 spiro atoms. The van der Waals surface area contributed by atoms with Crippen LogP contribution in [0.5, 0.6) is 0 Å². The highest BCUT2D eigenvalue weighted by atomic mass is 79.9. The molecule has 3 aromatic rings. The second-order valence-corrected chi connectivity index (χ2v) is 7.50. The summed E-state index contributed by atoms with van der Waals surface area (Å²) >= 11 is 8.19. The van der Waals surface area contributed by atoms with Crippen molar-refractivity contribution >= 4 is 59.1 Å². The molecule has 0 fully saturated rings. The molecular weight excluding hydrogens is 419 g/mol. The lowest BCUT2D eigenvalue weighted by Crippen LogP contribution is -2.00. The Kier molecular flexibility index (Phi) is 3.99. The third-order valence-corrected chi connectivity index (χ3v) is 5.81. The molecule has 2 aromatic carbocycles. The number of carbonyl (C=O) groups excluding carboxylic acids is 1. The highest BCUT2D eigenvalue weighted by molar-refractivity contribution is 9.11. The second kappa shape index (κ2) is 5.63. The minimum Gasteiger partial charge on any atom is -0.288 e. The van der Waals surface area contributed by atoms with E-state index < -0.39 is 0 Å². The second-order valence-electron chi connectivity index (χ2n) is 4.70. The van der Waals surface area contributed by atoms with Crippen LogP contribution in [0.4, 0.5) is 4.39 Å². The van der Waals surface area contributed by atoms with Crippen molar-refractivity contribution in [3.8, 4) is 0 Å². The number of fused-ring (bicyclic) bond motifs is 1. The molecule has 0 aliphatic heterocycles. The van der Waals surface area contributed by atoms with Crippen LogP contribution >= 0.6 is 43.2 Å². The maximum absolute atomic E-state index is 13.2. The summed E-state index contributed by atoms with van der Waals surface area (Å²) in [5.41, 5.74) is 1.65. The molecule has 0 N–H and O–H groups in total. The molecule has 3 rings (SSSR count). The first-order valence-corrected chi connectivity index (χ1v) is 8.55. The van der Waals surface area contributed by atoms with Crippen LogP contribution in [-0.4, -0.2) is 5.78 Å². The van der Waals surface area contributed by atoms with Crippen molar-refractivity contribution in [2.45, 2.75) is 6.92 Å². The number of hydrogen-bond acceptors (Lipinski definition) is 2. The van der Waals surface area contributed by atoms with Gasteiger partial charge in [-0.25, -0.2) is 4.39 Å². The SMILES string of the molecule is Cc1cc(Br)c(C(=O)c2cc3ccc(F)cc3s2)cc1Br. The molecule has 0 atom stereocenters. The molecule has 0 amide bonds. The largest absolute Gasteiger partial charge is 0.288 e. The Hall–Kier alpha value is -1.04. The summed E-state index contributed by atoms with van der Waals surface area (Å²) in [6, 6.07) is 10.1. The van der Waals surface area contributed by atoms with E-state index in [2.05, 4.69) is 31.9 Å². The first-order valence-electron chi connectivity index (χ1n) is 6.15. The molecule has 0 radical (unpaired) electrons.